The zero-order chi connectivity index (χ0) is 16.1. The third kappa shape index (κ3) is 2.36. The van der Waals surface area contributed by atoms with Gasteiger partial charge in [-0.25, -0.2) is 4.90 Å². The van der Waals surface area contributed by atoms with E-state index < -0.39 is 0 Å². The lowest BCUT2D eigenvalue weighted by molar-refractivity contribution is -0.122. The predicted molar refractivity (Wildman–Crippen MR) is 98.1 cm³/mol. The molecule has 2 aromatic carbocycles. The molecule has 2 aliphatic rings. The topological polar surface area (TPSA) is 37.4 Å². The highest BCUT2D eigenvalue weighted by atomic mass is 79.9. The Kier molecular flexibility index (Phi) is 3.81. The minimum absolute atomic E-state index is 0.0554. The number of benzene rings is 2. The molecule has 0 aromatic heterocycles. The number of carbonyl (C=O) groups excluding carboxylic acids is 2. The third-order valence-corrected chi connectivity index (χ3v) is 7.65. The number of hydrogen-bond acceptors (Lipinski definition) is 2. The third-order valence-electron chi connectivity index (χ3n) is 4.92. The molecule has 1 heterocycles. The smallest absolute Gasteiger partial charge is 0.237 e. The summed E-state index contributed by atoms with van der Waals surface area (Å²) in [5.74, 6) is -0.528. The van der Waals surface area contributed by atoms with Crippen LogP contribution in [0, 0.1) is 11.8 Å². The second-order valence-electron chi connectivity index (χ2n) is 6.23. The zero-order valence-electron chi connectivity index (χ0n) is 12.3. The number of halogens is 2. The Bertz CT molecular complexity index is 773. The lowest BCUT2D eigenvalue weighted by Gasteiger charge is -2.29. The predicted octanol–water partition coefficient (Wildman–Crippen LogP) is 4.27. The molecule has 0 unspecified atom stereocenters. The van der Waals surface area contributed by atoms with Gasteiger partial charge in [0.25, 0.3) is 0 Å². The van der Waals surface area contributed by atoms with E-state index in [1.807, 2.05) is 42.5 Å². The van der Waals surface area contributed by atoms with Gasteiger partial charge in [-0.1, -0.05) is 68.3 Å². The van der Waals surface area contributed by atoms with Crippen molar-refractivity contribution in [1.29, 1.82) is 0 Å². The first-order chi connectivity index (χ1) is 11.1. The number of fused-ring (bicyclic) bond motifs is 2. The number of imide groups is 1. The molecule has 118 valence electrons. The van der Waals surface area contributed by atoms with Gasteiger partial charge in [0, 0.05) is 15.0 Å². The van der Waals surface area contributed by atoms with E-state index in [0.717, 1.165) is 10.8 Å². The molecular weight excluding hydrogens is 422 g/mol. The average molecular weight is 437 g/mol. The lowest BCUT2D eigenvalue weighted by atomic mass is 9.81. The molecule has 2 fully saturated rings. The minimum atomic E-state index is -0.209. The number of anilines is 1. The summed E-state index contributed by atoms with van der Waals surface area (Å²) in [6.45, 7) is 0. The average Bonchev–Trinajstić information content (AvgIpc) is 2.79. The fourth-order valence-corrected chi connectivity index (χ4v) is 4.97. The Morgan fingerprint density at radius 2 is 1.39 bits per heavy atom. The molecule has 5 heteroatoms. The van der Waals surface area contributed by atoms with Crippen LogP contribution in [0.3, 0.4) is 0 Å². The number of amides is 2. The van der Waals surface area contributed by atoms with Crippen LogP contribution in [0.5, 0.6) is 0 Å². The van der Waals surface area contributed by atoms with Crippen molar-refractivity contribution in [3.8, 4) is 0 Å². The summed E-state index contributed by atoms with van der Waals surface area (Å²) in [7, 11) is 0. The van der Waals surface area contributed by atoms with Crippen molar-refractivity contribution >= 4 is 60.1 Å². The van der Waals surface area contributed by atoms with Gasteiger partial charge in [-0.2, -0.15) is 0 Å². The highest BCUT2D eigenvalue weighted by Crippen LogP contribution is 2.45. The summed E-state index contributed by atoms with van der Waals surface area (Å²) in [6, 6.07) is 13.6. The molecule has 4 rings (SSSR count). The maximum Gasteiger partial charge on any atom is 0.237 e. The molecule has 0 spiro atoms. The van der Waals surface area contributed by atoms with Crippen molar-refractivity contribution in [2.45, 2.75) is 22.5 Å². The summed E-state index contributed by atoms with van der Waals surface area (Å²) >= 11 is 7.25. The Labute approximate surface area is 151 Å². The molecule has 0 radical (unpaired) electrons. The van der Waals surface area contributed by atoms with Crippen LogP contribution in [0.4, 0.5) is 5.69 Å². The van der Waals surface area contributed by atoms with Gasteiger partial charge in [0.2, 0.25) is 11.8 Å². The van der Waals surface area contributed by atoms with E-state index in [4.69, 9.17) is 0 Å². The Hall–Kier alpha value is -1.20. The first-order valence-corrected chi connectivity index (χ1v) is 9.55. The van der Waals surface area contributed by atoms with Crippen molar-refractivity contribution in [2.24, 2.45) is 11.8 Å². The molecule has 4 atom stereocenters. The van der Waals surface area contributed by atoms with Crippen molar-refractivity contribution < 1.29 is 9.59 Å². The van der Waals surface area contributed by atoms with E-state index in [2.05, 4.69) is 31.9 Å². The van der Waals surface area contributed by atoms with Crippen molar-refractivity contribution in [2.75, 3.05) is 4.90 Å². The van der Waals surface area contributed by atoms with Crippen molar-refractivity contribution in [1.82, 2.24) is 0 Å². The fraction of sp³-hybridized carbons (Fsp3) is 0.333. The molecule has 0 N–H and O–H groups in total. The van der Waals surface area contributed by atoms with Crippen LogP contribution in [0.2, 0.25) is 0 Å². The summed E-state index contributed by atoms with van der Waals surface area (Å²) in [5, 5.41) is 1.98. The number of rotatable bonds is 1. The van der Waals surface area contributed by atoms with Gasteiger partial charge < -0.3 is 0 Å². The molecule has 0 bridgehead atoms. The summed E-state index contributed by atoms with van der Waals surface area (Å²) in [5.41, 5.74) is 0.713. The summed E-state index contributed by atoms with van der Waals surface area (Å²) in [6.07, 6.45) is 1.40. The normalized spacial score (nSPS) is 30.8. The molecule has 1 saturated heterocycles. The Balaban J connectivity index is 1.80. The summed E-state index contributed by atoms with van der Waals surface area (Å²) in [4.78, 5) is 27.7. The maximum atomic E-state index is 12.9. The zero-order valence-corrected chi connectivity index (χ0v) is 15.5. The molecular formula is C18H15Br2NO2. The second kappa shape index (κ2) is 5.71. The molecule has 2 amide bonds. The van der Waals surface area contributed by atoms with Gasteiger partial charge in [-0.05, 0) is 24.3 Å². The van der Waals surface area contributed by atoms with E-state index in [0.29, 0.717) is 18.5 Å². The van der Waals surface area contributed by atoms with E-state index in [9.17, 15) is 9.59 Å². The highest BCUT2D eigenvalue weighted by molar-refractivity contribution is 9.12. The first kappa shape index (κ1) is 15.3. The number of hydrogen-bond donors (Lipinski definition) is 0. The molecule has 3 nitrogen and oxygen atoms in total. The summed E-state index contributed by atoms with van der Waals surface area (Å²) < 4.78 is 0. The van der Waals surface area contributed by atoms with Crippen LogP contribution in [-0.2, 0) is 9.59 Å². The number of carbonyl (C=O) groups is 2. The van der Waals surface area contributed by atoms with Crippen LogP contribution in [0.15, 0.2) is 42.5 Å². The van der Waals surface area contributed by atoms with Crippen LogP contribution in [0.25, 0.3) is 10.8 Å². The van der Waals surface area contributed by atoms with Crippen LogP contribution in [-0.4, -0.2) is 21.5 Å². The van der Waals surface area contributed by atoms with E-state index >= 15 is 0 Å². The van der Waals surface area contributed by atoms with Gasteiger partial charge in [-0.3, -0.25) is 9.59 Å². The monoisotopic (exact) mass is 435 g/mol. The van der Waals surface area contributed by atoms with Crippen molar-refractivity contribution in [3.63, 3.8) is 0 Å². The molecule has 1 saturated carbocycles. The lowest BCUT2D eigenvalue weighted by Crippen LogP contribution is -2.34. The largest absolute Gasteiger partial charge is 0.274 e. The molecule has 23 heavy (non-hydrogen) atoms. The van der Waals surface area contributed by atoms with Crippen LogP contribution in [0.1, 0.15) is 12.8 Å². The van der Waals surface area contributed by atoms with Gasteiger partial charge in [0.1, 0.15) is 0 Å². The van der Waals surface area contributed by atoms with Gasteiger partial charge in [0.15, 0.2) is 0 Å². The van der Waals surface area contributed by atoms with Gasteiger partial charge in [0.05, 0.1) is 17.5 Å². The quantitative estimate of drug-likeness (QED) is 0.494. The van der Waals surface area contributed by atoms with E-state index in [1.165, 1.54) is 4.90 Å². The van der Waals surface area contributed by atoms with Gasteiger partial charge in [-0.15, -0.1) is 0 Å². The van der Waals surface area contributed by atoms with Crippen LogP contribution < -0.4 is 4.90 Å². The highest BCUT2D eigenvalue weighted by Gasteiger charge is 2.52. The van der Waals surface area contributed by atoms with E-state index in [1.54, 1.807) is 0 Å². The van der Waals surface area contributed by atoms with E-state index in [-0.39, 0.29) is 33.3 Å². The SMILES string of the molecule is O=C1[C@H]2C[C@H](Br)[C@@H](Br)C[C@H]2C(=O)N1c1cccc2ccccc12. The number of nitrogens with zero attached hydrogens (tertiary/aromatic N) is 1. The maximum absolute atomic E-state index is 12.9. The molecule has 2 aromatic rings. The Morgan fingerprint density at radius 1 is 0.826 bits per heavy atom. The fourth-order valence-electron chi connectivity index (χ4n) is 3.74. The van der Waals surface area contributed by atoms with Crippen molar-refractivity contribution in [3.05, 3.63) is 42.5 Å². The second-order valence-corrected chi connectivity index (χ2v) is 8.58. The standard InChI is InChI=1S/C18H15Br2NO2/c19-14-8-12-13(9-15(14)20)18(23)21(17(12)22)16-7-3-5-10-4-1-2-6-11(10)16/h1-7,12-15H,8-9H2/t12-,13+,14-,15-/m0/s1. The van der Waals surface area contributed by atoms with Crippen LogP contribution >= 0.6 is 31.9 Å². The number of alkyl halides is 2. The Morgan fingerprint density at radius 3 is 2.04 bits per heavy atom. The molecule has 1 aliphatic carbocycles. The molecule has 1 aliphatic heterocycles. The minimum Gasteiger partial charge on any atom is -0.274 e. The van der Waals surface area contributed by atoms with Gasteiger partial charge >= 0.3 is 0 Å². The first-order valence-electron chi connectivity index (χ1n) is 7.71.